The number of nitrogens with zero attached hydrogens (tertiary/aromatic N) is 2. The van der Waals surface area contributed by atoms with Gasteiger partial charge in [-0.1, -0.05) is 107 Å². The Balaban J connectivity index is 1.39. The standard InChI is InChI=1S/C40H47N3O5/c1-5-6-7-8-9-22-48-36-20-18-31(19-21-36)35-25-41-38(42-26-35)33-12-10-29(11-13-33)23-34(39(45)43-28(4)40(46)47)24-37(44)32-16-14-30(15-17-32)27(2)3/h10-21,25-28,34H,5-9,22-24H2,1-4H3,(H,43,45)(H,46,47)/t28-,34+/m0/s1. The van der Waals surface area contributed by atoms with Gasteiger partial charge in [0.25, 0.3) is 0 Å². The normalized spacial score (nSPS) is 12.4. The van der Waals surface area contributed by atoms with Crippen LogP contribution in [0.5, 0.6) is 5.75 Å². The van der Waals surface area contributed by atoms with E-state index in [9.17, 15) is 19.5 Å². The Labute approximate surface area is 284 Å². The van der Waals surface area contributed by atoms with Gasteiger partial charge in [-0.3, -0.25) is 14.4 Å². The highest BCUT2D eigenvalue weighted by molar-refractivity contribution is 5.99. The lowest BCUT2D eigenvalue weighted by Gasteiger charge is -2.19. The van der Waals surface area contributed by atoms with Crippen LogP contribution in [0.1, 0.15) is 93.6 Å². The summed E-state index contributed by atoms with van der Waals surface area (Å²) in [7, 11) is 0. The summed E-state index contributed by atoms with van der Waals surface area (Å²) in [5.74, 6) is -0.759. The number of carboxylic acid groups (broad SMARTS) is 1. The number of hydrogen-bond acceptors (Lipinski definition) is 6. The molecule has 0 spiro atoms. The van der Waals surface area contributed by atoms with Gasteiger partial charge in [0.15, 0.2) is 11.6 Å². The molecule has 1 amide bonds. The first-order valence-corrected chi connectivity index (χ1v) is 17.0. The molecule has 1 heterocycles. The van der Waals surface area contributed by atoms with E-state index < -0.39 is 23.8 Å². The summed E-state index contributed by atoms with van der Waals surface area (Å²) in [6, 6.07) is 21.9. The molecule has 252 valence electrons. The fraction of sp³-hybridized carbons (Fsp3) is 0.375. The zero-order valence-electron chi connectivity index (χ0n) is 28.4. The molecule has 0 aliphatic rings. The summed E-state index contributed by atoms with van der Waals surface area (Å²) in [4.78, 5) is 46.9. The molecule has 0 radical (unpaired) electrons. The number of ketones is 1. The molecule has 3 aromatic carbocycles. The Morgan fingerprint density at radius 3 is 2.00 bits per heavy atom. The van der Waals surface area contributed by atoms with Crippen molar-refractivity contribution in [1.29, 1.82) is 0 Å². The maximum Gasteiger partial charge on any atom is 0.325 e. The molecule has 1 aromatic heterocycles. The van der Waals surface area contributed by atoms with Gasteiger partial charge in [-0.2, -0.15) is 0 Å². The molecule has 0 aliphatic carbocycles. The molecule has 0 aliphatic heterocycles. The highest BCUT2D eigenvalue weighted by Gasteiger charge is 2.26. The van der Waals surface area contributed by atoms with Gasteiger partial charge in [0.05, 0.1) is 6.61 Å². The molecule has 0 saturated carbocycles. The number of ether oxygens (including phenoxy) is 1. The molecular weight excluding hydrogens is 602 g/mol. The lowest BCUT2D eigenvalue weighted by molar-refractivity contribution is -0.141. The third kappa shape index (κ3) is 10.6. The summed E-state index contributed by atoms with van der Waals surface area (Å²) in [5.41, 5.74) is 5.20. The minimum Gasteiger partial charge on any atom is -0.494 e. The smallest absolute Gasteiger partial charge is 0.325 e. The third-order valence-electron chi connectivity index (χ3n) is 8.48. The van der Waals surface area contributed by atoms with E-state index in [4.69, 9.17) is 4.74 Å². The Bertz CT molecular complexity index is 1620. The zero-order chi connectivity index (χ0) is 34.5. The molecule has 48 heavy (non-hydrogen) atoms. The van der Waals surface area contributed by atoms with E-state index in [1.165, 1.54) is 32.6 Å². The van der Waals surface area contributed by atoms with E-state index in [0.29, 0.717) is 17.3 Å². The molecule has 4 aromatic rings. The number of Topliss-reactive ketones (excluding diaryl/α,β-unsaturated/α-hetero) is 1. The minimum atomic E-state index is -1.14. The predicted molar refractivity (Wildman–Crippen MR) is 189 cm³/mol. The molecular formula is C40H47N3O5. The molecule has 8 nitrogen and oxygen atoms in total. The maximum absolute atomic E-state index is 13.2. The van der Waals surface area contributed by atoms with Gasteiger partial charge in [0.1, 0.15) is 11.8 Å². The summed E-state index contributed by atoms with van der Waals surface area (Å²) in [6.45, 7) is 8.51. The zero-order valence-corrected chi connectivity index (χ0v) is 28.4. The maximum atomic E-state index is 13.2. The van der Waals surface area contributed by atoms with Crippen LogP contribution in [0.3, 0.4) is 0 Å². The van der Waals surface area contributed by atoms with Gasteiger partial charge < -0.3 is 15.2 Å². The van der Waals surface area contributed by atoms with Gasteiger partial charge in [0.2, 0.25) is 5.91 Å². The molecule has 0 saturated heterocycles. The Kier molecular flexibility index (Phi) is 13.4. The molecule has 0 unspecified atom stereocenters. The number of nitrogens with one attached hydrogen (secondary N) is 1. The first-order chi connectivity index (χ1) is 23.1. The summed E-state index contributed by atoms with van der Waals surface area (Å²) in [6.07, 6.45) is 9.84. The number of carbonyl (C=O) groups is 3. The Morgan fingerprint density at radius 1 is 0.771 bits per heavy atom. The van der Waals surface area contributed by atoms with Crippen LogP contribution in [-0.2, 0) is 16.0 Å². The van der Waals surface area contributed by atoms with Crippen molar-refractivity contribution in [2.45, 2.75) is 84.6 Å². The van der Waals surface area contributed by atoms with Gasteiger partial charge in [-0.05, 0) is 54.5 Å². The number of benzene rings is 3. The monoisotopic (exact) mass is 649 g/mol. The largest absolute Gasteiger partial charge is 0.494 e. The minimum absolute atomic E-state index is 0.0440. The van der Waals surface area contributed by atoms with E-state index in [2.05, 4.69) is 36.1 Å². The van der Waals surface area contributed by atoms with Crippen molar-refractivity contribution in [3.63, 3.8) is 0 Å². The number of aliphatic carboxylic acids is 1. The van der Waals surface area contributed by atoms with Crippen molar-refractivity contribution < 1.29 is 24.2 Å². The van der Waals surface area contributed by atoms with Crippen molar-refractivity contribution in [2.75, 3.05) is 6.61 Å². The Hall–Kier alpha value is -4.85. The molecule has 2 atom stereocenters. The van der Waals surface area contributed by atoms with Crippen LogP contribution in [0.2, 0.25) is 0 Å². The van der Waals surface area contributed by atoms with E-state index in [-0.39, 0.29) is 18.6 Å². The van der Waals surface area contributed by atoms with Crippen molar-refractivity contribution in [3.05, 3.63) is 102 Å². The average molecular weight is 650 g/mol. The van der Waals surface area contributed by atoms with Gasteiger partial charge >= 0.3 is 5.97 Å². The van der Waals surface area contributed by atoms with Crippen LogP contribution < -0.4 is 10.1 Å². The van der Waals surface area contributed by atoms with Crippen LogP contribution >= 0.6 is 0 Å². The number of aromatic nitrogens is 2. The number of amides is 1. The fourth-order valence-corrected chi connectivity index (χ4v) is 5.39. The number of unbranched alkanes of at least 4 members (excludes halogenated alkanes) is 4. The third-order valence-corrected chi connectivity index (χ3v) is 8.48. The second kappa shape index (κ2) is 17.9. The first-order valence-electron chi connectivity index (χ1n) is 17.0. The SMILES string of the molecule is CCCCCCCOc1ccc(-c2cnc(-c3ccc(C[C@H](CC(=O)c4ccc(C(C)C)cc4)C(=O)N[C@@H](C)C(=O)O)cc3)nc2)cc1. The van der Waals surface area contributed by atoms with Crippen molar-refractivity contribution in [2.24, 2.45) is 5.92 Å². The van der Waals surface area contributed by atoms with E-state index in [1.807, 2.05) is 60.7 Å². The molecule has 0 bridgehead atoms. The van der Waals surface area contributed by atoms with Crippen molar-refractivity contribution in [1.82, 2.24) is 15.3 Å². The molecule has 8 heteroatoms. The van der Waals surface area contributed by atoms with E-state index >= 15 is 0 Å². The van der Waals surface area contributed by atoms with Gasteiger partial charge in [-0.15, -0.1) is 0 Å². The summed E-state index contributed by atoms with van der Waals surface area (Å²) >= 11 is 0. The summed E-state index contributed by atoms with van der Waals surface area (Å²) < 4.78 is 5.88. The van der Waals surface area contributed by atoms with Crippen LogP contribution in [-0.4, -0.2) is 45.4 Å². The van der Waals surface area contributed by atoms with Crippen LogP contribution in [0, 0.1) is 5.92 Å². The second-order valence-corrected chi connectivity index (χ2v) is 12.7. The van der Waals surface area contributed by atoms with Crippen LogP contribution in [0.4, 0.5) is 0 Å². The van der Waals surface area contributed by atoms with E-state index in [0.717, 1.165) is 46.6 Å². The highest BCUT2D eigenvalue weighted by atomic mass is 16.5. The highest BCUT2D eigenvalue weighted by Crippen LogP contribution is 2.25. The van der Waals surface area contributed by atoms with Crippen LogP contribution in [0.15, 0.2) is 85.2 Å². The summed E-state index contributed by atoms with van der Waals surface area (Å²) in [5, 5.41) is 11.9. The number of carboxylic acids is 1. The van der Waals surface area contributed by atoms with Gasteiger partial charge in [-0.25, -0.2) is 9.97 Å². The molecule has 0 fully saturated rings. The quantitative estimate of drug-likeness (QED) is 0.0822. The van der Waals surface area contributed by atoms with Crippen LogP contribution in [0.25, 0.3) is 22.5 Å². The predicted octanol–water partition coefficient (Wildman–Crippen LogP) is 8.30. The fourth-order valence-electron chi connectivity index (χ4n) is 5.39. The topological polar surface area (TPSA) is 118 Å². The molecule has 2 N–H and O–H groups in total. The number of hydrogen-bond donors (Lipinski definition) is 2. The lowest BCUT2D eigenvalue weighted by Crippen LogP contribution is -2.42. The van der Waals surface area contributed by atoms with Gasteiger partial charge in [0, 0.05) is 41.4 Å². The molecule has 4 rings (SSSR count). The lowest BCUT2D eigenvalue weighted by atomic mass is 9.90. The second-order valence-electron chi connectivity index (χ2n) is 12.7. The van der Waals surface area contributed by atoms with Crippen molar-refractivity contribution >= 4 is 17.7 Å². The average Bonchev–Trinajstić information content (AvgIpc) is 3.10. The van der Waals surface area contributed by atoms with E-state index in [1.54, 1.807) is 24.5 Å². The number of carbonyl (C=O) groups excluding carboxylic acids is 2. The first kappa shape index (κ1) is 36.0. The van der Waals surface area contributed by atoms with Crippen molar-refractivity contribution in [3.8, 4) is 28.3 Å². The number of rotatable bonds is 18. The Morgan fingerprint density at radius 2 is 1.40 bits per heavy atom.